The fourth-order valence-corrected chi connectivity index (χ4v) is 2.06. The molecule has 0 saturated carbocycles. The summed E-state index contributed by atoms with van der Waals surface area (Å²) in [5.41, 5.74) is 6.54. The minimum atomic E-state index is -0.445. The molecule has 1 aromatic carbocycles. The van der Waals surface area contributed by atoms with Crippen molar-refractivity contribution < 1.29 is 4.79 Å². The van der Waals surface area contributed by atoms with E-state index in [-0.39, 0.29) is 5.69 Å². The zero-order chi connectivity index (χ0) is 14.0. The molecule has 0 aliphatic heterocycles. The number of nitrogens with zero attached hydrogens (tertiary/aromatic N) is 2. The summed E-state index contributed by atoms with van der Waals surface area (Å²) in [6.45, 7) is 2.53. The van der Waals surface area contributed by atoms with Crippen LogP contribution in [0.15, 0.2) is 24.4 Å². The van der Waals surface area contributed by atoms with Crippen LogP contribution in [0.1, 0.15) is 17.4 Å². The molecule has 3 N–H and O–H groups in total. The maximum atomic E-state index is 12.1. The summed E-state index contributed by atoms with van der Waals surface area (Å²) in [4.78, 5) is 12.1. The molecule has 1 aromatic heterocycles. The zero-order valence-electron chi connectivity index (χ0n) is 10.2. The van der Waals surface area contributed by atoms with Gasteiger partial charge in [-0.05, 0) is 19.1 Å². The number of halogens is 2. The number of hydrogen-bond donors (Lipinski definition) is 2. The van der Waals surface area contributed by atoms with Gasteiger partial charge in [-0.3, -0.25) is 9.48 Å². The minimum Gasteiger partial charge on any atom is -0.396 e. The first-order valence-corrected chi connectivity index (χ1v) is 6.36. The van der Waals surface area contributed by atoms with Crippen LogP contribution in [0, 0.1) is 0 Å². The van der Waals surface area contributed by atoms with E-state index in [1.165, 1.54) is 0 Å². The molecule has 0 aliphatic rings. The molecule has 1 amide bonds. The van der Waals surface area contributed by atoms with Gasteiger partial charge in [0, 0.05) is 12.7 Å². The third-order valence-corrected chi connectivity index (χ3v) is 3.16. The van der Waals surface area contributed by atoms with Crippen molar-refractivity contribution >= 4 is 40.5 Å². The molecule has 5 nitrogen and oxygen atoms in total. The number of carbonyl (C=O) groups is 1. The van der Waals surface area contributed by atoms with Gasteiger partial charge in [0.25, 0.3) is 5.91 Å². The molecule has 0 unspecified atom stereocenters. The first kappa shape index (κ1) is 13.7. The second kappa shape index (κ2) is 5.50. The number of nitrogen functional groups attached to an aromatic ring is 1. The Morgan fingerprint density at radius 1 is 1.42 bits per heavy atom. The molecule has 2 rings (SSSR count). The van der Waals surface area contributed by atoms with Crippen LogP contribution in [0.25, 0.3) is 0 Å². The fraction of sp³-hybridized carbons (Fsp3) is 0.167. The van der Waals surface area contributed by atoms with Crippen LogP contribution in [-0.4, -0.2) is 15.7 Å². The summed E-state index contributed by atoms with van der Waals surface area (Å²) in [6, 6.07) is 4.97. The molecule has 7 heteroatoms. The van der Waals surface area contributed by atoms with Crippen LogP contribution in [0.5, 0.6) is 0 Å². The number of aryl methyl sites for hydroxylation is 1. The van der Waals surface area contributed by atoms with Crippen molar-refractivity contribution in [1.82, 2.24) is 9.78 Å². The van der Waals surface area contributed by atoms with Gasteiger partial charge in [0.15, 0.2) is 5.69 Å². The van der Waals surface area contributed by atoms with Crippen LogP contribution in [-0.2, 0) is 6.54 Å². The number of amides is 1. The van der Waals surface area contributed by atoms with E-state index in [0.29, 0.717) is 28.0 Å². The summed E-state index contributed by atoms with van der Waals surface area (Å²) in [6.07, 6.45) is 1.60. The lowest BCUT2D eigenvalue weighted by Gasteiger charge is -2.07. The number of aromatic nitrogens is 2. The Morgan fingerprint density at radius 3 is 2.58 bits per heavy atom. The SMILES string of the molecule is CCn1cc(N)c(C(=O)Nc2c(Cl)cccc2Cl)n1. The van der Waals surface area contributed by atoms with Crippen molar-refractivity contribution in [3.8, 4) is 0 Å². The van der Waals surface area contributed by atoms with E-state index < -0.39 is 5.91 Å². The van der Waals surface area contributed by atoms with Crippen LogP contribution in [0.2, 0.25) is 10.0 Å². The summed E-state index contributed by atoms with van der Waals surface area (Å²) in [7, 11) is 0. The number of nitrogens with one attached hydrogen (secondary N) is 1. The van der Waals surface area contributed by atoms with Crippen molar-refractivity contribution in [1.29, 1.82) is 0 Å². The largest absolute Gasteiger partial charge is 0.396 e. The van der Waals surface area contributed by atoms with Gasteiger partial charge in [-0.1, -0.05) is 29.3 Å². The number of benzene rings is 1. The molecule has 0 saturated heterocycles. The Balaban J connectivity index is 2.28. The van der Waals surface area contributed by atoms with Gasteiger partial charge in [-0.25, -0.2) is 0 Å². The zero-order valence-corrected chi connectivity index (χ0v) is 11.7. The van der Waals surface area contributed by atoms with Crippen LogP contribution < -0.4 is 11.1 Å². The third-order valence-electron chi connectivity index (χ3n) is 2.53. The molecule has 1 heterocycles. The Labute approximate surface area is 120 Å². The van der Waals surface area contributed by atoms with Gasteiger partial charge in [0.05, 0.1) is 21.4 Å². The van der Waals surface area contributed by atoms with Gasteiger partial charge < -0.3 is 11.1 Å². The highest BCUT2D eigenvalue weighted by atomic mass is 35.5. The van der Waals surface area contributed by atoms with Gasteiger partial charge >= 0.3 is 0 Å². The highest BCUT2D eigenvalue weighted by Crippen LogP contribution is 2.30. The molecule has 0 fully saturated rings. The van der Waals surface area contributed by atoms with Crippen molar-refractivity contribution in [3.05, 3.63) is 40.1 Å². The number of rotatable bonds is 3. The van der Waals surface area contributed by atoms with E-state index in [4.69, 9.17) is 28.9 Å². The average molecular weight is 299 g/mol. The lowest BCUT2D eigenvalue weighted by molar-refractivity contribution is 0.102. The van der Waals surface area contributed by atoms with E-state index in [0.717, 1.165) is 0 Å². The smallest absolute Gasteiger partial charge is 0.278 e. The highest BCUT2D eigenvalue weighted by molar-refractivity contribution is 6.40. The predicted molar refractivity (Wildman–Crippen MR) is 76.7 cm³/mol. The molecular weight excluding hydrogens is 287 g/mol. The highest BCUT2D eigenvalue weighted by Gasteiger charge is 2.17. The average Bonchev–Trinajstić information content (AvgIpc) is 2.75. The third kappa shape index (κ3) is 2.83. The molecule has 0 atom stereocenters. The van der Waals surface area contributed by atoms with Crippen LogP contribution in [0.4, 0.5) is 11.4 Å². The second-order valence-electron chi connectivity index (χ2n) is 3.84. The molecule has 100 valence electrons. The van der Waals surface area contributed by atoms with E-state index in [1.807, 2.05) is 6.92 Å². The Hall–Kier alpha value is -1.72. The Morgan fingerprint density at radius 2 is 2.05 bits per heavy atom. The number of nitrogens with two attached hydrogens (primary N) is 1. The van der Waals surface area contributed by atoms with Crippen molar-refractivity contribution in [2.24, 2.45) is 0 Å². The van der Waals surface area contributed by atoms with Gasteiger partial charge in [0.2, 0.25) is 0 Å². The monoisotopic (exact) mass is 298 g/mol. The van der Waals surface area contributed by atoms with Gasteiger partial charge in [-0.15, -0.1) is 0 Å². The first-order chi connectivity index (χ1) is 9.02. The molecule has 0 radical (unpaired) electrons. The Bertz CT molecular complexity index is 604. The first-order valence-electron chi connectivity index (χ1n) is 5.61. The second-order valence-corrected chi connectivity index (χ2v) is 4.65. The number of para-hydroxylation sites is 1. The lowest BCUT2D eigenvalue weighted by Crippen LogP contribution is -2.15. The number of anilines is 2. The minimum absolute atomic E-state index is 0.151. The van der Waals surface area contributed by atoms with Crippen LogP contribution >= 0.6 is 23.2 Å². The maximum Gasteiger partial charge on any atom is 0.278 e. The molecule has 0 spiro atoms. The summed E-state index contributed by atoms with van der Waals surface area (Å²) in [5, 5.41) is 7.40. The van der Waals surface area contributed by atoms with Gasteiger partial charge in [0.1, 0.15) is 0 Å². The molecule has 0 aliphatic carbocycles. The van der Waals surface area contributed by atoms with E-state index in [9.17, 15) is 4.79 Å². The summed E-state index contributed by atoms with van der Waals surface area (Å²) < 4.78 is 1.58. The van der Waals surface area contributed by atoms with E-state index in [1.54, 1.807) is 29.1 Å². The van der Waals surface area contributed by atoms with Crippen molar-refractivity contribution in [2.45, 2.75) is 13.5 Å². The normalized spacial score (nSPS) is 10.5. The topological polar surface area (TPSA) is 72.9 Å². The van der Waals surface area contributed by atoms with E-state index >= 15 is 0 Å². The molecule has 2 aromatic rings. The number of carbonyl (C=O) groups excluding carboxylic acids is 1. The van der Waals surface area contributed by atoms with Crippen molar-refractivity contribution in [3.63, 3.8) is 0 Å². The molecular formula is C12H12Cl2N4O. The number of hydrogen-bond acceptors (Lipinski definition) is 3. The lowest BCUT2D eigenvalue weighted by atomic mass is 10.3. The van der Waals surface area contributed by atoms with Gasteiger partial charge in [-0.2, -0.15) is 5.10 Å². The fourth-order valence-electron chi connectivity index (χ4n) is 1.57. The summed E-state index contributed by atoms with van der Waals surface area (Å²) >= 11 is 12.0. The summed E-state index contributed by atoms with van der Waals surface area (Å²) in [5.74, 6) is -0.445. The van der Waals surface area contributed by atoms with Crippen molar-refractivity contribution in [2.75, 3.05) is 11.1 Å². The standard InChI is InChI=1S/C12H12Cl2N4O/c1-2-18-6-9(15)11(17-18)12(19)16-10-7(13)4-3-5-8(10)14/h3-6H,2,15H2,1H3,(H,16,19). The maximum absolute atomic E-state index is 12.1. The quantitative estimate of drug-likeness (QED) is 0.915. The Kier molecular flexibility index (Phi) is 3.97. The van der Waals surface area contributed by atoms with E-state index in [2.05, 4.69) is 10.4 Å². The molecule has 19 heavy (non-hydrogen) atoms. The molecule has 0 bridgehead atoms. The van der Waals surface area contributed by atoms with Crippen LogP contribution in [0.3, 0.4) is 0 Å². The predicted octanol–water partition coefficient (Wildman–Crippen LogP) is 3.04.